The van der Waals surface area contributed by atoms with Crippen LogP contribution in [-0.4, -0.2) is 57.8 Å². The Kier molecular flexibility index (Phi) is 5.11. The topological polar surface area (TPSA) is 65.8 Å². The molecule has 6 heteroatoms. The molecule has 0 atom stereocenters. The van der Waals surface area contributed by atoms with Crippen LogP contribution < -0.4 is 0 Å². The third kappa shape index (κ3) is 3.64. The average Bonchev–Trinajstić information content (AvgIpc) is 3.40. The molecule has 3 heterocycles. The Balaban J connectivity index is 1.34. The molecule has 2 aromatic rings. The van der Waals surface area contributed by atoms with Crippen molar-refractivity contribution in [3.8, 4) is 0 Å². The van der Waals surface area contributed by atoms with Gasteiger partial charge in [-0.25, -0.2) is 0 Å². The lowest BCUT2D eigenvalue weighted by Crippen LogP contribution is -2.56. The van der Waals surface area contributed by atoms with Crippen LogP contribution in [0.25, 0.3) is 0 Å². The third-order valence-electron chi connectivity index (χ3n) is 8.34. The number of hydrogen-bond acceptors (Lipinski definition) is 4. The SMILES string of the molecule is CN1CCn2c(C(=O)C3(C)CC3)ccc2C12CCN(C(=O)c1ccc(C(C)(C)O)cc1)CC2. The zero-order valence-corrected chi connectivity index (χ0v) is 20.2. The second-order valence-electron chi connectivity index (χ2n) is 11.0. The Bertz CT molecular complexity index is 1080. The Hall–Kier alpha value is -2.44. The monoisotopic (exact) mass is 449 g/mol. The van der Waals surface area contributed by atoms with Gasteiger partial charge in [0.15, 0.2) is 5.78 Å². The molecule has 0 radical (unpaired) electrons. The molecule has 1 N–H and O–H groups in total. The van der Waals surface area contributed by atoms with Crippen molar-refractivity contribution in [3.05, 3.63) is 58.9 Å². The van der Waals surface area contributed by atoms with Crippen LogP contribution in [0.15, 0.2) is 36.4 Å². The summed E-state index contributed by atoms with van der Waals surface area (Å²) in [5.74, 6) is 0.328. The number of amides is 1. The van der Waals surface area contributed by atoms with E-state index in [-0.39, 0.29) is 22.6 Å². The van der Waals surface area contributed by atoms with Crippen molar-refractivity contribution in [3.63, 3.8) is 0 Å². The summed E-state index contributed by atoms with van der Waals surface area (Å²) < 4.78 is 2.26. The van der Waals surface area contributed by atoms with Crippen LogP contribution in [0.2, 0.25) is 0 Å². The molecule has 6 nitrogen and oxygen atoms in total. The second kappa shape index (κ2) is 7.54. The third-order valence-corrected chi connectivity index (χ3v) is 8.34. The van der Waals surface area contributed by atoms with Gasteiger partial charge in [-0.05, 0) is 76.4 Å². The summed E-state index contributed by atoms with van der Waals surface area (Å²) in [6.07, 6.45) is 3.69. The summed E-state index contributed by atoms with van der Waals surface area (Å²) >= 11 is 0. The molecule has 1 aromatic heterocycles. The molecule has 33 heavy (non-hydrogen) atoms. The van der Waals surface area contributed by atoms with E-state index in [2.05, 4.69) is 29.5 Å². The van der Waals surface area contributed by atoms with Crippen molar-refractivity contribution in [1.82, 2.24) is 14.4 Å². The number of piperidine rings is 1. The van der Waals surface area contributed by atoms with Crippen LogP contribution in [0.3, 0.4) is 0 Å². The minimum atomic E-state index is -0.920. The first-order valence-corrected chi connectivity index (χ1v) is 12.1. The van der Waals surface area contributed by atoms with Crippen molar-refractivity contribution in [2.24, 2.45) is 5.41 Å². The number of aliphatic hydroxyl groups is 1. The summed E-state index contributed by atoms with van der Waals surface area (Å²) in [5.41, 5.74) is 2.33. The van der Waals surface area contributed by atoms with Crippen molar-refractivity contribution in [1.29, 1.82) is 0 Å². The summed E-state index contributed by atoms with van der Waals surface area (Å²) in [6, 6.07) is 11.5. The van der Waals surface area contributed by atoms with Crippen LogP contribution in [0, 0.1) is 5.41 Å². The Labute approximate surface area is 196 Å². The Morgan fingerprint density at radius 3 is 2.12 bits per heavy atom. The maximum Gasteiger partial charge on any atom is 0.253 e. The number of likely N-dealkylation sites (N-methyl/N-ethyl adjacent to an activating group) is 1. The molecule has 1 amide bonds. The van der Waals surface area contributed by atoms with E-state index in [1.165, 1.54) is 5.69 Å². The summed E-state index contributed by atoms with van der Waals surface area (Å²) in [7, 11) is 2.17. The van der Waals surface area contributed by atoms with Gasteiger partial charge >= 0.3 is 0 Å². The molecule has 2 fully saturated rings. The molecular weight excluding hydrogens is 414 g/mol. The number of hydrogen-bond donors (Lipinski definition) is 1. The first kappa shape index (κ1) is 22.4. The smallest absolute Gasteiger partial charge is 0.253 e. The number of aromatic nitrogens is 1. The van der Waals surface area contributed by atoms with Crippen LogP contribution in [0.1, 0.15) is 78.6 Å². The van der Waals surface area contributed by atoms with Crippen molar-refractivity contribution < 1.29 is 14.7 Å². The molecule has 3 aliphatic rings. The van der Waals surface area contributed by atoms with Gasteiger partial charge in [0.25, 0.3) is 5.91 Å². The van der Waals surface area contributed by atoms with Crippen LogP contribution in [0.5, 0.6) is 0 Å². The van der Waals surface area contributed by atoms with Crippen LogP contribution in [0.4, 0.5) is 0 Å². The van der Waals surface area contributed by atoms with Crippen molar-refractivity contribution in [2.75, 3.05) is 26.7 Å². The van der Waals surface area contributed by atoms with E-state index < -0.39 is 5.60 Å². The first-order chi connectivity index (χ1) is 15.6. The van der Waals surface area contributed by atoms with E-state index in [1.54, 1.807) is 13.8 Å². The van der Waals surface area contributed by atoms with Gasteiger partial charge in [0.05, 0.1) is 16.8 Å². The minimum Gasteiger partial charge on any atom is -0.386 e. The van der Waals surface area contributed by atoms with Gasteiger partial charge in [-0.1, -0.05) is 19.1 Å². The van der Waals surface area contributed by atoms with Gasteiger partial charge in [-0.3, -0.25) is 14.5 Å². The highest BCUT2D eigenvalue weighted by Crippen LogP contribution is 2.49. The predicted octanol–water partition coefficient (Wildman–Crippen LogP) is 3.78. The largest absolute Gasteiger partial charge is 0.386 e. The molecule has 1 saturated heterocycles. The fraction of sp³-hybridized carbons (Fsp3) is 0.556. The molecule has 0 unspecified atom stereocenters. The van der Waals surface area contributed by atoms with Gasteiger partial charge in [-0.15, -0.1) is 0 Å². The van der Waals surface area contributed by atoms with E-state index >= 15 is 0 Å². The van der Waals surface area contributed by atoms with Crippen LogP contribution in [-0.2, 0) is 17.7 Å². The predicted molar refractivity (Wildman–Crippen MR) is 127 cm³/mol. The molecular formula is C27H35N3O3. The fourth-order valence-electron chi connectivity index (χ4n) is 5.62. The zero-order valence-electron chi connectivity index (χ0n) is 20.2. The molecule has 2 aliphatic heterocycles. The lowest BCUT2D eigenvalue weighted by Gasteiger charge is -2.50. The van der Waals surface area contributed by atoms with E-state index in [9.17, 15) is 14.7 Å². The molecule has 0 bridgehead atoms. The number of carbonyl (C=O) groups is 2. The molecule has 176 valence electrons. The number of likely N-dealkylation sites (tertiary alicyclic amines) is 1. The normalized spacial score (nSPS) is 21.7. The fourth-order valence-corrected chi connectivity index (χ4v) is 5.62. The maximum atomic E-state index is 13.2. The number of Topliss-reactive ketones (excluding diaryl/α,β-unsaturated/α-hetero) is 1. The van der Waals surface area contributed by atoms with Gasteiger partial charge in [0.2, 0.25) is 0 Å². The molecule has 1 spiro atoms. The van der Waals surface area contributed by atoms with E-state index in [1.807, 2.05) is 35.2 Å². The lowest BCUT2D eigenvalue weighted by molar-refractivity contribution is 0.0127. The number of rotatable bonds is 4. The van der Waals surface area contributed by atoms with Crippen LogP contribution >= 0.6 is 0 Å². The lowest BCUT2D eigenvalue weighted by atomic mass is 9.81. The standard InChI is InChI=1S/C27H35N3O3/c1-25(2,33)20-7-5-19(6-8-20)24(32)29-15-13-27(14-16-29)22-10-9-21(23(31)26(3)11-12-26)30(22)18-17-28(27)4/h5-10,33H,11-18H2,1-4H3. The highest BCUT2D eigenvalue weighted by Gasteiger charge is 2.49. The van der Waals surface area contributed by atoms with Gasteiger partial charge in [0, 0.05) is 42.9 Å². The van der Waals surface area contributed by atoms with Gasteiger partial charge in [-0.2, -0.15) is 0 Å². The maximum absolute atomic E-state index is 13.2. The zero-order chi connectivity index (χ0) is 23.6. The number of nitrogens with zero attached hydrogens (tertiary/aromatic N) is 3. The van der Waals surface area contributed by atoms with Gasteiger partial charge < -0.3 is 14.6 Å². The number of fused-ring (bicyclic) bond motifs is 2. The molecule has 1 saturated carbocycles. The Morgan fingerprint density at radius 1 is 0.909 bits per heavy atom. The van der Waals surface area contributed by atoms with Crippen molar-refractivity contribution in [2.45, 2.75) is 64.1 Å². The molecule has 5 rings (SSSR count). The summed E-state index contributed by atoms with van der Waals surface area (Å²) in [5, 5.41) is 10.2. The summed E-state index contributed by atoms with van der Waals surface area (Å²) in [6.45, 7) is 8.69. The number of carbonyl (C=O) groups excluding carboxylic acids is 2. The second-order valence-corrected chi connectivity index (χ2v) is 11.0. The quantitative estimate of drug-likeness (QED) is 0.722. The summed E-state index contributed by atoms with van der Waals surface area (Å²) in [4.78, 5) is 30.6. The minimum absolute atomic E-state index is 0.0403. The van der Waals surface area contributed by atoms with Gasteiger partial charge in [0.1, 0.15) is 0 Å². The molecule has 1 aromatic carbocycles. The number of benzene rings is 1. The van der Waals surface area contributed by atoms with E-state index in [0.717, 1.165) is 50.0 Å². The first-order valence-electron chi connectivity index (χ1n) is 12.1. The number of ketones is 1. The average molecular weight is 450 g/mol. The Morgan fingerprint density at radius 2 is 1.55 bits per heavy atom. The highest BCUT2D eigenvalue weighted by molar-refractivity contribution is 6.01. The molecule has 1 aliphatic carbocycles. The highest BCUT2D eigenvalue weighted by atomic mass is 16.3. The van der Waals surface area contributed by atoms with E-state index in [0.29, 0.717) is 18.7 Å². The van der Waals surface area contributed by atoms with Crippen molar-refractivity contribution >= 4 is 11.7 Å². The van der Waals surface area contributed by atoms with E-state index in [4.69, 9.17) is 0 Å².